The molecule has 1 aliphatic carbocycles. The summed E-state index contributed by atoms with van der Waals surface area (Å²) in [5.41, 5.74) is 3.63. The number of benzene rings is 1. The molecule has 0 spiro atoms. The predicted octanol–water partition coefficient (Wildman–Crippen LogP) is 3.51. The van der Waals surface area contributed by atoms with Gasteiger partial charge in [0.25, 0.3) is 0 Å². The van der Waals surface area contributed by atoms with Crippen LogP contribution in [0.2, 0.25) is 0 Å². The largest absolute Gasteiger partial charge is 0.378 e. The van der Waals surface area contributed by atoms with Gasteiger partial charge >= 0.3 is 0 Å². The lowest BCUT2D eigenvalue weighted by atomic mass is 9.77. The third kappa shape index (κ3) is 2.68. The molecule has 4 nitrogen and oxygen atoms in total. The van der Waals surface area contributed by atoms with E-state index >= 15 is 0 Å². The number of hydrogen-bond acceptors (Lipinski definition) is 4. The van der Waals surface area contributed by atoms with Gasteiger partial charge in [0.05, 0.1) is 16.8 Å². The summed E-state index contributed by atoms with van der Waals surface area (Å²) in [4.78, 5) is 9.40. The van der Waals surface area contributed by atoms with E-state index < -0.39 is 0 Å². The summed E-state index contributed by atoms with van der Waals surface area (Å²) in [6.07, 6.45) is 1.01. The van der Waals surface area contributed by atoms with Crippen LogP contribution in [0.25, 0.3) is 0 Å². The summed E-state index contributed by atoms with van der Waals surface area (Å²) < 4.78 is 6.14. The van der Waals surface area contributed by atoms with Gasteiger partial charge in [-0.05, 0) is 40.4 Å². The second-order valence-electron chi connectivity index (χ2n) is 5.11. The van der Waals surface area contributed by atoms with Crippen molar-refractivity contribution in [1.29, 1.82) is 0 Å². The molecule has 0 fully saturated rings. The highest BCUT2D eigenvalue weighted by atomic mass is 79.9. The molecule has 0 saturated carbocycles. The maximum Gasteiger partial charge on any atom is 0.144 e. The Kier molecular flexibility index (Phi) is 4.22. The monoisotopic (exact) mass is 347 g/mol. The number of ether oxygens (including phenoxy) is 1. The Morgan fingerprint density at radius 3 is 2.86 bits per heavy atom. The Labute approximate surface area is 133 Å². The van der Waals surface area contributed by atoms with E-state index in [4.69, 9.17) is 14.7 Å². The number of rotatable bonds is 5. The first kappa shape index (κ1) is 14.5. The Balaban J connectivity index is 1.99. The summed E-state index contributed by atoms with van der Waals surface area (Å²) in [5.74, 6) is 2.01. The molecule has 0 saturated heterocycles. The molecular formula is C16H18BrN3O. The zero-order valence-corrected chi connectivity index (χ0v) is 13.8. The minimum Gasteiger partial charge on any atom is -0.378 e. The molecule has 1 N–H and O–H groups in total. The van der Waals surface area contributed by atoms with Gasteiger partial charge in [-0.25, -0.2) is 9.97 Å². The molecule has 110 valence electrons. The van der Waals surface area contributed by atoms with Crippen molar-refractivity contribution in [3.63, 3.8) is 0 Å². The highest BCUT2D eigenvalue weighted by molar-refractivity contribution is 9.10. The second kappa shape index (κ2) is 6.12. The van der Waals surface area contributed by atoms with Crippen molar-refractivity contribution in [3.8, 4) is 0 Å². The van der Waals surface area contributed by atoms with Crippen molar-refractivity contribution in [3.05, 3.63) is 51.4 Å². The fraction of sp³-hybridized carbons (Fsp3) is 0.375. The summed E-state index contributed by atoms with van der Waals surface area (Å²) >= 11 is 3.57. The van der Waals surface area contributed by atoms with Crippen LogP contribution in [0.4, 0.5) is 5.82 Å². The molecule has 0 amide bonds. The summed E-state index contributed by atoms with van der Waals surface area (Å²) in [7, 11) is 1.68. The lowest BCUT2D eigenvalue weighted by molar-refractivity contribution is 0.180. The van der Waals surface area contributed by atoms with Crippen molar-refractivity contribution >= 4 is 21.7 Å². The predicted molar refractivity (Wildman–Crippen MR) is 86.6 cm³/mol. The number of methoxy groups -OCH3 is 1. The van der Waals surface area contributed by atoms with Crippen LogP contribution in [0.5, 0.6) is 0 Å². The maximum atomic E-state index is 5.25. The molecule has 1 heterocycles. The van der Waals surface area contributed by atoms with Crippen LogP contribution < -0.4 is 5.32 Å². The van der Waals surface area contributed by atoms with E-state index in [0.717, 1.165) is 34.8 Å². The fourth-order valence-electron chi connectivity index (χ4n) is 2.67. The first-order valence-electron chi connectivity index (χ1n) is 7.11. The molecule has 1 aromatic carbocycles. The minimum atomic E-state index is 0.294. The van der Waals surface area contributed by atoms with Gasteiger partial charge in [-0.3, -0.25) is 0 Å². The Morgan fingerprint density at radius 1 is 1.33 bits per heavy atom. The SMILES string of the molecule is CCNc1nc(C2Cc3ccccc32)nc(COC)c1Br. The molecule has 3 rings (SSSR count). The molecule has 0 radical (unpaired) electrons. The van der Waals surface area contributed by atoms with E-state index in [2.05, 4.69) is 52.4 Å². The molecule has 21 heavy (non-hydrogen) atoms. The third-order valence-corrected chi connectivity index (χ3v) is 4.56. The van der Waals surface area contributed by atoms with E-state index in [1.54, 1.807) is 7.11 Å². The molecule has 1 aliphatic rings. The van der Waals surface area contributed by atoms with E-state index in [1.807, 2.05) is 0 Å². The molecular weight excluding hydrogens is 330 g/mol. The average Bonchev–Trinajstić information content (AvgIpc) is 2.45. The smallest absolute Gasteiger partial charge is 0.144 e. The molecule has 1 aromatic heterocycles. The van der Waals surface area contributed by atoms with Crippen molar-refractivity contribution in [2.75, 3.05) is 19.0 Å². The van der Waals surface area contributed by atoms with Gasteiger partial charge < -0.3 is 10.1 Å². The van der Waals surface area contributed by atoms with Gasteiger partial charge in [0, 0.05) is 19.6 Å². The standard InChI is InChI=1S/C16H18BrN3O/c1-3-18-16-14(17)13(9-21-2)19-15(20-16)12-8-10-6-4-5-7-11(10)12/h4-7,12H,3,8-9H2,1-2H3,(H,18,19,20). The highest BCUT2D eigenvalue weighted by Gasteiger charge is 2.30. The Morgan fingerprint density at radius 2 is 2.14 bits per heavy atom. The first-order valence-corrected chi connectivity index (χ1v) is 7.90. The summed E-state index contributed by atoms with van der Waals surface area (Å²) in [6, 6.07) is 8.49. The molecule has 0 bridgehead atoms. The number of halogens is 1. The van der Waals surface area contributed by atoms with Crippen molar-refractivity contribution in [2.45, 2.75) is 25.9 Å². The van der Waals surface area contributed by atoms with Crippen LogP contribution in [0.3, 0.4) is 0 Å². The average molecular weight is 348 g/mol. The third-order valence-electron chi connectivity index (χ3n) is 3.73. The van der Waals surface area contributed by atoms with E-state index in [-0.39, 0.29) is 0 Å². The van der Waals surface area contributed by atoms with Crippen LogP contribution in [-0.2, 0) is 17.8 Å². The molecule has 1 unspecified atom stereocenters. The van der Waals surface area contributed by atoms with Crippen LogP contribution in [0.1, 0.15) is 35.5 Å². The van der Waals surface area contributed by atoms with Gasteiger partial charge in [-0.2, -0.15) is 0 Å². The van der Waals surface area contributed by atoms with Crippen molar-refractivity contribution < 1.29 is 4.74 Å². The van der Waals surface area contributed by atoms with Gasteiger partial charge in [-0.15, -0.1) is 0 Å². The fourth-order valence-corrected chi connectivity index (χ4v) is 3.11. The lowest BCUT2D eigenvalue weighted by Crippen LogP contribution is -2.22. The normalized spacial score (nSPS) is 16.2. The Hall–Kier alpha value is -1.46. The van der Waals surface area contributed by atoms with E-state index in [0.29, 0.717) is 12.5 Å². The lowest BCUT2D eigenvalue weighted by Gasteiger charge is -2.29. The number of fused-ring (bicyclic) bond motifs is 1. The number of nitrogens with zero attached hydrogens (tertiary/aromatic N) is 2. The zero-order valence-electron chi connectivity index (χ0n) is 12.2. The van der Waals surface area contributed by atoms with Gasteiger partial charge in [0.2, 0.25) is 0 Å². The van der Waals surface area contributed by atoms with E-state index in [9.17, 15) is 0 Å². The minimum absolute atomic E-state index is 0.294. The molecule has 0 aliphatic heterocycles. The number of nitrogens with one attached hydrogen (secondary N) is 1. The summed E-state index contributed by atoms with van der Waals surface area (Å²) in [6.45, 7) is 3.36. The second-order valence-corrected chi connectivity index (χ2v) is 5.90. The summed E-state index contributed by atoms with van der Waals surface area (Å²) in [5, 5.41) is 3.29. The molecule has 2 aromatic rings. The van der Waals surface area contributed by atoms with Gasteiger partial charge in [0.1, 0.15) is 11.6 Å². The van der Waals surface area contributed by atoms with Gasteiger partial charge in [-0.1, -0.05) is 24.3 Å². The Bertz CT molecular complexity index is 633. The van der Waals surface area contributed by atoms with Crippen molar-refractivity contribution in [2.24, 2.45) is 0 Å². The zero-order chi connectivity index (χ0) is 14.8. The number of anilines is 1. The first-order chi connectivity index (χ1) is 10.2. The van der Waals surface area contributed by atoms with E-state index in [1.165, 1.54) is 11.1 Å². The maximum absolute atomic E-state index is 5.25. The quantitative estimate of drug-likeness (QED) is 0.898. The van der Waals surface area contributed by atoms with Crippen molar-refractivity contribution in [1.82, 2.24) is 9.97 Å². The topological polar surface area (TPSA) is 47.0 Å². The number of aromatic nitrogens is 2. The van der Waals surface area contributed by atoms with Crippen LogP contribution in [0.15, 0.2) is 28.7 Å². The molecule has 1 atom stereocenters. The van der Waals surface area contributed by atoms with Crippen LogP contribution >= 0.6 is 15.9 Å². The molecule has 5 heteroatoms. The van der Waals surface area contributed by atoms with Crippen LogP contribution in [-0.4, -0.2) is 23.6 Å². The van der Waals surface area contributed by atoms with Crippen LogP contribution in [0, 0.1) is 0 Å². The highest BCUT2D eigenvalue weighted by Crippen LogP contribution is 2.39. The van der Waals surface area contributed by atoms with Gasteiger partial charge in [0.15, 0.2) is 0 Å². The number of hydrogen-bond donors (Lipinski definition) is 1.